The summed E-state index contributed by atoms with van der Waals surface area (Å²) in [6.45, 7) is 5.94. The first-order valence-electron chi connectivity index (χ1n) is 6.58. The van der Waals surface area contributed by atoms with E-state index in [9.17, 15) is 4.79 Å². The molecule has 2 rings (SSSR count). The third kappa shape index (κ3) is 3.54. The number of carbonyl (C=O) groups is 1. The zero-order chi connectivity index (χ0) is 13.0. The lowest BCUT2D eigenvalue weighted by Gasteiger charge is -2.29. The monoisotopic (exact) mass is 271 g/mol. The van der Waals surface area contributed by atoms with E-state index in [1.54, 1.807) is 16.7 Å². The van der Waals surface area contributed by atoms with Gasteiger partial charge in [0.15, 0.2) is 5.17 Å². The SMILES string of the molecule is CCOC(=O)N1CCC(N=C2NC(C)CS2)CC1. The van der Waals surface area contributed by atoms with E-state index in [0.717, 1.165) is 36.9 Å². The van der Waals surface area contributed by atoms with Crippen LogP contribution in [0.5, 0.6) is 0 Å². The first kappa shape index (κ1) is 13.5. The molecule has 2 heterocycles. The third-order valence-corrected chi connectivity index (χ3v) is 4.29. The molecule has 1 amide bonds. The number of nitrogens with one attached hydrogen (secondary N) is 1. The number of thioether (sulfide) groups is 1. The molecule has 5 nitrogen and oxygen atoms in total. The molecule has 0 aromatic heterocycles. The molecule has 2 fully saturated rings. The minimum Gasteiger partial charge on any atom is -0.450 e. The molecule has 102 valence electrons. The van der Waals surface area contributed by atoms with Crippen LogP contribution < -0.4 is 5.32 Å². The quantitative estimate of drug-likeness (QED) is 0.830. The van der Waals surface area contributed by atoms with Crippen molar-refractivity contribution >= 4 is 23.0 Å². The summed E-state index contributed by atoms with van der Waals surface area (Å²) in [6.07, 6.45) is 1.67. The van der Waals surface area contributed by atoms with E-state index in [1.807, 2.05) is 6.92 Å². The standard InChI is InChI=1S/C12H21N3O2S/c1-3-17-12(16)15-6-4-10(5-7-15)14-11-13-9(2)8-18-11/h9-10H,3-8H2,1-2H3,(H,13,14). The molecule has 2 aliphatic heterocycles. The van der Waals surface area contributed by atoms with Gasteiger partial charge in [0, 0.05) is 24.9 Å². The van der Waals surface area contributed by atoms with E-state index in [0.29, 0.717) is 18.7 Å². The Balaban J connectivity index is 1.78. The topological polar surface area (TPSA) is 53.9 Å². The van der Waals surface area contributed by atoms with Crippen LogP contribution in [0.25, 0.3) is 0 Å². The Kier molecular flexibility index (Phi) is 4.74. The second-order valence-electron chi connectivity index (χ2n) is 4.71. The Morgan fingerprint density at radius 1 is 1.56 bits per heavy atom. The summed E-state index contributed by atoms with van der Waals surface area (Å²) in [5.74, 6) is 1.10. The van der Waals surface area contributed by atoms with Gasteiger partial charge in [0.25, 0.3) is 0 Å². The summed E-state index contributed by atoms with van der Waals surface area (Å²) in [5, 5.41) is 4.43. The van der Waals surface area contributed by atoms with E-state index in [1.165, 1.54) is 0 Å². The molecular weight excluding hydrogens is 250 g/mol. The average molecular weight is 271 g/mol. The minimum atomic E-state index is -0.189. The first-order chi connectivity index (χ1) is 8.69. The number of likely N-dealkylation sites (tertiary alicyclic amines) is 1. The van der Waals surface area contributed by atoms with E-state index in [-0.39, 0.29) is 6.09 Å². The van der Waals surface area contributed by atoms with Crippen molar-refractivity contribution in [1.29, 1.82) is 0 Å². The van der Waals surface area contributed by atoms with E-state index in [4.69, 9.17) is 9.73 Å². The van der Waals surface area contributed by atoms with Crippen LogP contribution in [-0.4, -0.2) is 53.7 Å². The molecule has 1 atom stereocenters. The van der Waals surface area contributed by atoms with Gasteiger partial charge in [-0.1, -0.05) is 11.8 Å². The zero-order valence-corrected chi connectivity index (χ0v) is 11.8. The Bertz CT molecular complexity index is 327. The number of carbonyl (C=O) groups excluding carboxylic acids is 1. The normalized spacial score (nSPS) is 27.3. The average Bonchev–Trinajstić information content (AvgIpc) is 2.76. The molecular formula is C12H21N3O2S. The van der Waals surface area contributed by atoms with E-state index >= 15 is 0 Å². The van der Waals surface area contributed by atoms with Crippen molar-refractivity contribution in [2.24, 2.45) is 4.99 Å². The van der Waals surface area contributed by atoms with Crippen LogP contribution in [0.15, 0.2) is 4.99 Å². The van der Waals surface area contributed by atoms with E-state index in [2.05, 4.69) is 12.2 Å². The van der Waals surface area contributed by atoms with Crippen molar-refractivity contribution in [3.05, 3.63) is 0 Å². The molecule has 2 aliphatic rings. The van der Waals surface area contributed by atoms with Crippen molar-refractivity contribution in [2.75, 3.05) is 25.4 Å². The molecule has 18 heavy (non-hydrogen) atoms. The zero-order valence-electron chi connectivity index (χ0n) is 11.0. The van der Waals surface area contributed by atoms with Crippen LogP contribution in [0.3, 0.4) is 0 Å². The van der Waals surface area contributed by atoms with Gasteiger partial charge in [-0.2, -0.15) is 0 Å². The summed E-state index contributed by atoms with van der Waals surface area (Å²) in [4.78, 5) is 18.0. The molecule has 1 unspecified atom stereocenters. The van der Waals surface area contributed by atoms with Crippen LogP contribution >= 0.6 is 11.8 Å². The molecule has 0 spiro atoms. The number of nitrogens with zero attached hydrogens (tertiary/aromatic N) is 2. The van der Waals surface area contributed by atoms with Gasteiger partial charge in [0.1, 0.15) is 0 Å². The number of piperidine rings is 1. The number of hydrogen-bond donors (Lipinski definition) is 1. The minimum absolute atomic E-state index is 0.189. The fourth-order valence-corrected chi connectivity index (χ4v) is 3.13. The van der Waals surface area contributed by atoms with Crippen molar-refractivity contribution in [1.82, 2.24) is 10.2 Å². The van der Waals surface area contributed by atoms with Crippen molar-refractivity contribution in [2.45, 2.75) is 38.8 Å². The molecule has 0 aromatic rings. The van der Waals surface area contributed by atoms with Crippen molar-refractivity contribution in [3.63, 3.8) is 0 Å². The van der Waals surface area contributed by atoms with Crippen molar-refractivity contribution in [3.8, 4) is 0 Å². The van der Waals surface area contributed by atoms with Gasteiger partial charge in [-0.15, -0.1) is 0 Å². The second-order valence-corrected chi connectivity index (χ2v) is 5.72. The molecule has 0 bridgehead atoms. The highest BCUT2D eigenvalue weighted by Crippen LogP contribution is 2.19. The highest BCUT2D eigenvalue weighted by molar-refractivity contribution is 8.14. The van der Waals surface area contributed by atoms with Crippen LogP contribution in [0.2, 0.25) is 0 Å². The highest BCUT2D eigenvalue weighted by atomic mass is 32.2. The summed E-state index contributed by atoms with van der Waals surface area (Å²) in [5.41, 5.74) is 0. The summed E-state index contributed by atoms with van der Waals surface area (Å²) in [6, 6.07) is 0.865. The summed E-state index contributed by atoms with van der Waals surface area (Å²) >= 11 is 1.79. The Hall–Kier alpha value is -0.910. The lowest BCUT2D eigenvalue weighted by molar-refractivity contribution is 0.0975. The highest BCUT2D eigenvalue weighted by Gasteiger charge is 2.24. The smallest absolute Gasteiger partial charge is 0.409 e. The number of aliphatic imine (C=N–C) groups is 1. The van der Waals surface area contributed by atoms with Crippen LogP contribution in [0, 0.1) is 0 Å². The summed E-state index contributed by atoms with van der Waals surface area (Å²) in [7, 11) is 0. The van der Waals surface area contributed by atoms with E-state index < -0.39 is 0 Å². The fraction of sp³-hybridized carbons (Fsp3) is 0.833. The molecule has 0 saturated carbocycles. The van der Waals surface area contributed by atoms with Gasteiger partial charge in [-0.3, -0.25) is 4.99 Å². The first-order valence-corrected chi connectivity index (χ1v) is 7.56. The van der Waals surface area contributed by atoms with Crippen LogP contribution in [-0.2, 0) is 4.74 Å². The van der Waals surface area contributed by atoms with Crippen molar-refractivity contribution < 1.29 is 9.53 Å². The largest absolute Gasteiger partial charge is 0.450 e. The number of amidine groups is 1. The predicted molar refractivity (Wildman–Crippen MR) is 74.1 cm³/mol. The van der Waals surface area contributed by atoms with Gasteiger partial charge in [0.2, 0.25) is 0 Å². The maximum absolute atomic E-state index is 11.5. The number of ether oxygens (including phenoxy) is 1. The Morgan fingerprint density at radius 3 is 2.83 bits per heavy atom. The maximum atomic E-state index is 11.5. The number of rotatable bonds is 2. The molecule has 0 radical (unpaired) electrons. The van der Waals surface area contributed by atoms with Gasteiger partial charge >= 0.3 is 6.09 Å². The van der Waals surface area contributed by atoms with Gasteiger partial charge < -0.3 is 15.0 Å². The fourth-order valence-electron chi connectivity index (χ4n) is 2.13. The molecule has 1 N–H and O–H groups in total. The number of hydrogen-bond acceptors (Lipinski definition) is 4. The van der Waals surface area contributed by atoms with Crippen LogP contribution in [0.1, 0.15) is 26.7 Å². The summed E-state index contributed by atoms with van der Waals surface area (Å²) < 4.78 is 5.00. The molecule has 0 aromatic carbocycles. The molecule has 0 aliphatic carbocycles. The Labute approximate surface area is 112 Å². The van der Waals surface area contributed by atoms with Crippen LogP contribution in [0.4, 0.5) is 4.79 Å². The number of amides is 1. The van der Waals surface area contributed by atoms with Gasteiger partial charge in [-0.25, -0.2) is 4.79 Å². The Morgan fingerprint density at radius 2 is 2.28 bits per heavy atom. The lowest BCUT2D eigenvalue weighted by atomic mass is 10.1. The lowest BCUT2D eigenvalue weighted by Crippen LogP contribution is -2.40. The second kappa shape index (κ2) is 6.31. The predicted octanol–water partition coefficient (Wildman–Crippen LogP) is 1.69. The molecule has 2 saturated heterocycles. The van der Waals surface area contributed by atoms with Gasteiger partial charge in [-0.05, 0) is 26.7 Å². The third-order valence-electron chi connectivity index (χ3n) is 3.13. The maximum Gasteiger partial charge on any atom is 0.409 e. The molecule has 6 heteroatoms. The van der Waals surface area contributed by atoms with Gasteiger partial charge in [0.05, 0.1) is 12.6 Å².